The maximum atomic E-state index is 12.3. The first-order valence-corrected chi connectivity index (χ1v) is 7.68. The number of H-pyrrole nitrogens is 1. The molecule has 2 N–H and O–H groups in total. The van der Waals surface area contributed by atoms with E-state index < -0.39 is 11.5 Å². The summed E-state index contributed by atoms with van der Waals surface area (Å²) in [6.07, 6.45) is 1.06. The maximum Gasteiger partial charge on any atom is 0.261 e. The van der Waals surface area contributed by atoms with Crippen LogP contribution in [-0.2, 0) is 6.42 Å². The van der Waals surface area contributed by atoms with Crippen LogP contribution in [0.5, 0.6) is 0 Å². The Bertz CT molecular complexity index is 857. The van der Waals surface area contributed by atoms with Crippen LogP contribution in [0.3, 0.4) is 0 Å². The zero-order valence-corrected chi connectivity index (χ0v) is 13.2. The number of amides is 1. The summed E-state index contributed by atoms with van der Waals surface area (Å²) in [4.78, 5) is 39.3. The number of aromatic nitrogens is 1. The van der Waals surface area contributed by atoms with E-state index in [9.17, 15) is 14.4 Å². The minimum atomic E-state index is -0.567. The van der Waals surface area contributed by atoms with Gasteiger partial charge < -0.3 is 10.3 Å². The molecule has 1 aliphatic rings. The number of nitrogens with one attached hydrogen (secondary N) is 2. The Morgan fingerprint density at radius 3 is 2.78 bits per heavy atom. The molecule has 0 spiro atoms. The number of anilines is 1. The molecule has 0 unspecified atom stereocenters. The Hall–Kier alpha value is -2.40. The topological polar surface area (TPSA) is 79.0 Å². The van der Waals surface area contributed by atoms with Crippen LogP contribution in [0.15, 0.2) is 35.1 Å². The number of benzene rings is 1. The highest BCUT2D eigenvalue weighted by Gasteiger charge is 2.25. The quantitative estimate of drug-likeness (QED) is 0.888. The van der Waals surface area contributed by atoms with Gasteiger partial charge >= 0.3 is 0 Å². The van der Waals surface area contributed by atoms with Gasteiger partial charge in [0.25, 0.3) is 11.5 Å². The first kappa shape index (κ1) is 15.5. The minimum absolute atomic E-state index is 0.0493. The lowest BCUT2D eigenvalue weighted by molar-refractivity contribution is 0.0952. The second-order valence-corrected chi connectivity index (χ2v) is 6.24. The molecule has 0 aliphatic heterocycles. The number of pyridine rings is 1. The molecule has 1 aromatic carbocycles. The summed E-state index contributed by atoms with van der Waals surface area (Å²) in [5.74, 6) is -0.425. The van der Waals surface area contributed by atoms with Crippen molar-refractivity contribution in [3.05, 3.63) is 62.5 Å². The lowest BCUT2D eigenvalue weighted by Gasteiger charge is -2.20. The molecule has 1 aromatic heterocycles. The van der Waals surface area contributed by atoms with Crippen LogP contribution >= 0.6 is 11.6 Å². The van der Waals surface area contributed by atoms with Crippen LogP contribution in [-0.4, -0.2) is 16.7 Å². The molecule has 1 atom stereocenters. The molecule has 2 aromatic rings. The fourth-order valence-corrected chi connectivity index (χ4v) is 2.95. The molecule has 1 amide bonds. The molecule has 0 bridgehead atoms. The zero-order valence-electron chi connectivity index (χ0n) is 12.5. The smallest absolute Gasteiger partial charge is 0.261 e. The Labute approximate surface area is 137 Å². The highest BCUT2D eigenvalue weighted by molar-refractivity contribution is 6.31. The van der Waals surface area contributed by atoms with E-state index >= 15 is 0 Å². The van der Waals surface area contributed by atoms with Crippen LogP contribution in [0.25, 0.3) is 0 Å². The summed E-state index contributed by atoms with van der Waals surface area (Å²) >= 11 is 5.87. The standard InChI is InChI=1S/C17H15ClN2O3/c1-9-5-14-12(15(21)6-9)8-13(17(23)20-14)16(22)19-11-4-2-3-10(18)7-11/h2-4,7-9H,5-6H2,1H3,(H,19,22)(H,20,23)/t9-/m1/s1. The molecule has 1 aliphatic carbocycles. The molecule has 0 radical (unpaired) electrons. The van der Waals surface area contributed by atoms with Gasteiger partial charge in [-0.2, -0.15) is 0 Å². The molecule has 3 rings (SSSR count). The Kier molecular flexibility index (Phi) is 4.05. The third-order valence-electron chi connectivity index (χ3n) is 3.84. The SMILES string of the molecule is C[C@H]1CC(=O)c2cc(C(=O)Nc3cccc(Cl)c3)c(=O)[nH]c2C1. The van der Waals surface area contributed by atoms with Crippen LogP contribution in [0.1, 0.15) is 39.8 Å². The number of hydrogen-bond acceptors (Lipinski definition) is 3. The number of ketones is 1. The third-order valence-corrected chi connectivity index (χ3v) is 4.07. The monoisotopic (exact) mass is 330 g/mol. The summed E-state index contributed by atoms with van der Waals surface area (Å²) < 4.78 is 0. The molecule has 0 fully saturated rings. The van der Waals surface area contributed by atoms with Crippen molar-refractivity contribution in [1.82, 2.24) is 4.98 Å². The average Bonchev–Trinajstić information content (AvgIpc) is 2.46. The van der Waals surface area contributed by atoms with Crippen LogP contribution in [0.2, 0.25) is 5.02 Å². The van der Waals surface area contributed by atoms with Gasteiger partial charge in [0.05, 0.1) is 0 Å². The average molecular weight is 331 g/mol. The summed E-state index contributed by atoms with van der Waals surface area (Å²) in [6.45, 7) is 1.96. The van der Waals surface area contributed by atoms with Crippen molar-refractivity contribution in [1.29, 1.82) is 0 Å². The second-order valence-electron chi connectivity index (χ2n) is 5.81. The number of hydrogen-bond donors (Lipinski definition) is 2. The molecule has 23 heavy (non-hydrogen) atoms. The fraction of sp³-hybridized carbons (Fsp3) is 0.235. The normalized spacial score (nSPS) is 16.8. The number of aromatic amines is 1. The van der Waals surface area contributed by atoms with E-state index in [1.807, 2.05) is 6.92 Å². The molecule has 1 heterocycles. The van der Waals surface area contributed by atoms with Crippen molar-refractivity contribution < 1.29 is 9.59 Å². The van der Waals surface area contributed by atoms with Crippen molar-refractivity contribution in [2.45, 2.75) is 19.8 Å². The maximum absolute atomic E-state index is 12.3. The van der Waals surface area contributed by atoms with E-state index in [0.717, 1.165) is 0 Å². The predicted octanol–water partition coefficient (Wildman–Crippen LogP) is 3.05. The van der Waals surface area contributed by atoms with E-state index in [4.69, 9.17) is 11.6 Å². The van der Waals surface area contributed by atoms with Crippen molar-refractivity contribution in [2.24, 2.45) is 5.92 Å². The van der Waals surface area contributed by atoms with Crippen molar-refractivity contribution in [3.8, 4) is 0 Å². The van der Waals surface area contributed by atoms with E-state index in [0.29, 0.717) is 34.8 Å². The van der Waals surface area contributed by atoms with E-state index in [2.05, 4.69) is 10.3 Å². The summed E-state index contributed by atoms with van der Waals surface area (Å²) in [5.41, 5.74) is 0.952. The zero-order chi connectivity index (χ0) is 16.6. The third kappa shape index (κ3) is 3.19. The minimum Gasteiger partial charge on any atom is -0.325 e. The lowest BCUT2D eigenvalue weighted by atomic mass is 9.86. The van der Waals surface area contributed by atoms with E-state index in [-0.39, 0.29) is 17.3 Å². The molecular formula is C17H15ClN2O3. The van der Waals surface area contributed by atoms with Crippen molar-refractivity contribution in [2.75, 3.05) is 5.32 Å². The van der Waals surface area contributed by atoms with Gasteiger partial charge in [0.2, 0.25) is 0 Å². The fourth-order valence-electron chi connectivity index (χ4n) is 2.76. The number of carbonyl (C=O) groups is 2. The Morgan fingerprint density at radius 2 is 2.04 bits per heavy atom. The first-order valence-electron chi connectivity index (χ1n) is 7.30. The van der Waals surface area contributed by atoms with Gasteiger partial charge in [-0.1, -0.05) is 24.6 Å². The van der Waals surface area contributed by atoms with E-state index in [1.165, 1.54) is 6.07 Å². The van der Waals surface area contributed by atoms with Crippen LogP contribution < -0.4 is 10.9 Å². The first-order chi connectivity index (χ1) is 10.9. The molecule has 6 heteroatoms. The van der Waals surface area contributed by atoms with Gasteiger partial charge in [-0.3, -0.25) is 14.4 Å². The van der Waals surface area contributed by atoms with Crippen molar-refractivity contribution >= 4 is 29.0 Å². The van der Waals surface area contributed by atoms with Gasteiger partial charge in [-0.15, -0.1) is 0 Å². The summed E-state index contributed by atoms with van der Waals surface area (Å²) in [7, 11) is 0. The molecular weight excluding hydrogens is 316 g/mol. The predicted molar refractivity (Wildman–Crippen MR) is 88.3 cm³/mol. The van der Waals surface area contributed by atoms with Gasteiger partial charge in [0.15, 0.2) is 5.78 Å². The lowest BCUT2D eigenvalue weighted by Crippen LogP contribution is -2.29. The molecule has 5 nitrogen and oxygen atoms in total. The van der Waals surface area contributed by atoms with Crippen LogP contribution in [0.4, 0.5) is 5.69 Å². The van der Waals surface area contributed by atoms with Gasteiger partial charge in [-0.25, -0.2) is 0 Å². The van der Waals surface area contributed by atoms with Gasteiger partial charge in [0, 0.05) is 28.4 Å². The molecule has 0 saturated carbocycles. The second kappa shape index (κ2) is 6.01. The Morgan fingerprint density at radius 1 is 1.26 bits per heavy atom. The molecule has 118 valence electrons. The Balaban J connectivity index is 1.94. The number of fused-ring (bicyclic) bond motifs is 1. The number of rotatable bonds is 2. The highest BCUT2D eigenvalue weighted by atomic mass is 35.5. The number of carbonyl (C=O) groups excluding carboxylic acids is 2. The van der Waals surface area contributed by atoms with E-state index in [1.54, 1.807) is 24.3 Å². The summed E-state index contributed by atoms with van der Waals surface area (Å²) in [6, 6.07) is 8.02. The van der Waals surface area contributed by atoms with Gasteiger partial charge in [-0.05, 0) is 36.6 Å². The number of halogens is 1. The molecule has 0 saturated heterocycles. The van der Waals surface area contributed by atoms with Crippen LogP contribution in [0, 0.1) is 5.92 Å². The highest BCUT2D eigenvalue weighted by Crippen LogP contribution is 2.23. The largest absolute Gasteiger partial charge is 0.325 e. The number of Topliss-reactive ketones (excluding diaryl/α,β-unsaturated/α-hetero) is 1. The summed E-state index contributed by atoms with van der Waals surface area (Å²) in [5, 5.41) is 3.09. The van der Waals surface area contributed by atoms with Crippen molar-refractivity contribution in [3.63, 3.8) is 0 Å². The van der Waals surface area contributed by atoms with Gasteiger partial charge in [0.1, 0.15) is 5.56 Å².